The molecule has 0 saturated carbocycles. The zero-order chi connectivity index (χ0) is 18.5. The number of para-hydroxylation sites is 1. The van der Waals surface area contributed by atoms with Gasteiger partial charge in [0.1, 0.15) is 0 Å². The molecular weight excluding hydrogens is 346 g/mol. The first kappa shape index (κ1) is 18.3. The number of benzene rings is 2. The number of aromatic amines is 1. The van der Waals surface area contributed by atoms with Crippen molar-refractivity contribution in [1.82, 2.24) is 4.98 Å². The van der Waals surface area contributed by atoms with E-state index in [0.29, 0.717) is 5.56 Å². The third kappa shape index (κ3) is 3.68. The van der Waals surface area contributed by atoms with E-state index < -0.39 is 5.25 Å². The van der Waals surface area contributed by atoms with E-state index in [0.717, 1.165) is 22.9 Å². The van der Waals surface area contributed by atoms with Crippen LogP contribution in [0.5, 0.6) is 0 Å². The monoisotopic (exact) mass is 367 g/mol. The first-order valence-electron chi connectivity index (χ1n) is 8.52. The molecule has 1 aromatic heterocycles. The lowest BCUT2D eigenvalue weighted by Gasteiger charge is -2.15. The van der Waals surface area contributed by atoms with Crippen LogP contribution in [-0.4, -0.2) is 29.6 Å². The maximum Gasteiger partial charge on any atom is 0.315 e. The summed E-state index contributed by atoms with van der Waals surface area (Å²) in [5.74, 6) is -0.217. The topological polar surface area (TPSA) is 59.2 Å². The SMILES string of the molecule is CCc1cccc2c(C(=O)[C@H](SCC(=O)OC)c3ccccc3)c[nH]c12. The molecule has 4 nitrogen and oxygen atoms in total. The minimum atomic E-state index is -0.459. The van der Waals surface area contributed by atoms with Gasteiger partial charge in [-0.15, -0.1) is 11.8 Å². The summed E-state index contributed by atoms with van der Waals surface area (Å²) in [6.07, 6.45) is 2.67. The molecule has 0 spiro atoms. The van der Waals surface area contributed by atoms with Crippen LogP contribution in [0.1, 0.15) is 33.7 Å². The van der Waals surface area contributed by atoms with Crippen LogP contribution in [0, 0.1) is 0 Å². The largest absolute Gasteiger partial charge is 0.468 e. The smallest absolute Gasteiger partial charge is 0.315 e. The van der Waals surface area contributed by atoms with Gasteiger partial charge in [-0.3, -0.25) is 9.59 Å². The van der Waals surface area contributed by atoms with Crippen molar-refractivity contribution in [1.29, 1.82) is 0 Å². The first-order valence-corrected chi connectivity index (χ1v) is 9.57. The second kappa shape index (κ2) is 8.23. The third-order valence-electron chi connectivity index (χ3n) is 4.38. The van der Waals surface area contributed by atoms with E-state index in [1.165, 1.54) is 24.4 Å². The molecule has 0 radical (unpaired) electrons. The molecule has 1 heterocycles. The lowest BCUT2D eigenvalue weighted by atomic mass is 10.0. The number of aryl methyl sites for hydroxylation is 1. The number of carbonyl (C=O) groups is 2. The molecule has 3 rings (SSSR count). The Kier molecular flexibility index (Phi) is 5.78. The highest BCUT2D eigenvalue weighted by molar-refractivity contribution is 8.00. The van der Waals surface area contributed by atoms with Gasteiger partial charge in [-0.05, 0) is 17.5 Å². The van der Waals surface area contributed by atoms with Crippen LogP contribution in [0.4, 0.5) is 0 Å². The van der Waals surface area contributed by atoms with Crippen molar-refractivity contribution in [2.24, 2.45) is 0 Å². The van der Waals surface area contributed by atoms with E-state index in [2.05, 4.69) is 18.0 Å². The number of methoxy groups -OCH3 is 1. The summed E-state index contributed by atoms with van der Waals surface area (Å²) in [4.78, 5) is 28.2. The Balaban J connectivity index is 1.98. The third-order valence-corrected chi connectivity index (χ3v) is 5.61. The molecule has 0 bridgehead atoms. The van der Waals surface area contributed by atoms with Crippen molar-refractivity contribution >= 4 is 34.4 Å². The highest BCUT2D eigenvalue weighted by atomic mass is 32.2. The summed E-state index contributed by atoms with van der Waals surface area (Å²) < 4.78 is 4.73. The molecule has 0 unspecified atom stereocenters. The van der Waals surface area contributed by atoms with Gasteiger partial charge in [0.15, 0.2) is 5.78 Å². The minimum absolute atomic E-state index is 0.00962. The summed E-state index contributed by atoms with van der Waals surface area (Å²) in [7, 11) is 1.36. The molecule has 1 N–H and O–H groups in total. The molecule has 5 heteroatoms. The van der Waals surface area contributed by atoms with E-state index >= 15 is 0 Å². The fraction of sp³-hybridized carbons (Fsp3) is 0.238. The molecular formula is C21H21NO3S. The van der Waals surface area contributed by atoms with Crippen LogP contribution in [0.2, 0.25) is 0 Å². The van der Waals surface area contributed by atoms with Crippen molar-refractivity contribution in [3.63, 3.8) is 0 Å². The quantitative estimate of drug-likeness (QED) is 0.491. The van der Waals surface area contributed by atoms with Crippen LogP contribution in [-0.2, 0) is 16.0 Å². The Labute approximate surface area is 156 Å². The van der Waals surface area contributed by atoms with Gasteiger partial charge in [-0.2, -0.15) is 0 Å². The number of ketones is 1. The van der Waals surface area contributed by atoms with Crippen LogP contribution >= 0.6 is 11.8 Å². The van der Waals surface area contributed by atoms with E-state index in [1.807, 2.05) is 42.5 Å². The first-order chi connectivity index (χ1) is 12.7. The summed E-state index contributed by atoms with van der Waals surface area (Å²) in [6, 6.07) is 15.6. The standard InChI is InChI=1S/C21H21NO3S/c1-3-14-10-7-11-16-17(12-22-19(14)16)20(24)21(26-13-18(23)25-2)15-8-5-4-6-9-15/h4-12,21-22H,3,13H2,1-2H3/t21-/m1/s1. The Morgan fingerprint density at radius 1 is 1.12 bits per heavy atom. The number of nitrogens with one attached hydrogen (secondary N) is 1. The fourth-order valence-corrected chi connectivity index (χ4v) is 4.07. The molecule has 0 aliphatic heterocycles. The van der Waals surface area contributed by atoms with Crippen molar-refractivity contribution in [3.05, 3.63) is 71.4 Å². The van der Waals surface area contributed by atoms with Crippen LogP contribution in [0.3, 0.4) is 0 Å². The molecule has 0 saturated heterocycles. The molecule has 134 valence electrons. The summed E-state index contributed by atoms with van der Waals surface area (Å²) in [5.41, 5.74) is 3.72. The number of hydrogen-bond donors (Lipinski definition) is 1. The van der Waals surface area contributed by atoms with Gasteiger partial charge in [-0.25, -0.2) is 0 Å². The Bertz CT molecular complexity index is 917. The molecule has 0 fully saturated rings. The zero-order valence-corrected chi connectivity index (χ0v) is 15.6. The van der Waals surface area contributed by atoms with E-state index in [1.54, 1.807) is 6.20 Å². The molecule has 0 aliphatic carbocycles. The van der Waals surface area contributed by atoms with E-state index in [-0.39, 0.29) is 17.5 Å². The molecule has 0 aliphatic rings. The molecule has 0 amide bonds. The zero-order valence-electron chi connectivity index (χ0n) is 14.8. The number of H-pyrrole nitrogens is 1. The highest BCUT2D eigenvalue weighted by Gasteiger charge is 2.26. The number of hydrogen-bond acceptors (Lipinski definition) is 4. The Morgan fingerprint density at radius 3 is 2.58 bits per heavy atom. The number of ether oxygens (including phenoxy) is 1. The second-order valence-electron chi connectivity index (χ2n) is 5.94. The maximum atomic E-state index is 13.3. The Morgan fingerprint density at radius 2 is 1.88 bits per heavy atom. The Hall–Kier alpha value is -2.53. The van der Waals surface area contributed by atoms with Gasteiger partial charge < -0.3 is 9.72 Å². The molecule has 1 atom stereocenters. The number of carbonyl (C=O) groups excluding carboxylic acids is 2. The number of thioether (sulfide) groups is 1. The lowest BCUT2D eigenvalue weighted by molar-refractivity contribution is -0.137. The number of aromatic nitrogens is 1. The average Bonchev–Trinajstić information content (AvgIpc) is 3.12. The van der Waals surface area contributed by atoms with Gasteiger partial charge in [0.2, 0.25) is 0 Å². The summed E-state index contributed by atoms with van der Waals surface area (Å²) in [5, 5.41) is 0.466. The lowest BCUT2D eigenvalue weighted by Crippen LogP contribution is -2.13. The number of esters is 1. The van der Waals surface area contributed by atoms with Crippen LogP contribution < -0.4 is 0 Å². The summed E-state index contributed by atoms with van der Waals surface area (Å²) in [6.45, 7) is 2.09. The van der Waals surface area contributed by atoms with Gasteiger partial charge in [0, 0.05) is 22.7 Å². The van der Waals surface area contributed by atoms with Crippen molar-refractivity contribution in [3.8, 4) is 0 Å². The van der Waals surface area contributed by atoms with Gasteiger partial charge in [-0.1, -0.05) is 55.5 Å². The number of fused-ring (bicyclic) bond motifs is 1. The number of rotatable bonds is 7. The predicted octanol–water partition coefficient (Wildman–Crippen LogP) is 4.56. The number of Topliss-reactive ketones (excluding diaryl/α,β-unsaturated/α-hetero) is 1. The van der Waals surface area contributed by atoms with Crippen molar-refractivity contribution in [2.75, 3.05) is 12.9 Å². The van der Waals surface area contributed by atoms with Gasteiger partial charge >= 0.3 is 5.97 Å². The van der Waals surface area contributed by atoms with Gasteiger partial charge in [0.05, 0.1) is 18.1 Å². The predicted molar refractivity (Wildman–Crippen MR) is 106 cm³/mol. The van der Waals surface area contributed by atoms with Crippen molar-refractivity contribution < 1.29 is 14.3 Å². The normalized spacial score (nSPS) is 12.1. The molecule has 26 heavy (non-hydrogen) atoms. The highest BCUT2D eigenvalue weighted by Crippen LogP contribution is 2.35. The van der Waals surface area contributed by atoms with Gasteiger partial charge in [0.25, 0.3) is 0 Å². The van der Waals surface area contributed by atoms with E-state index in [4.69, 9.17) is 4.74 Å². The molecule has 3 aromatic rings. The summed E-state index contributed by atoms with van der Waals surface area (Å²) >= 11 is 1.29. The fourth-order valence-electron chi connectivity index (χ4n) is 3.02. The maximum absolute atomic E-state index is 13.3. The second-order valence-corrected chi connectivity index (χ2v) is 7.03. The minimum Gasteiger partial charge on any atom is -0.468 e. The van der Waals surface area contributed by atoms with Crippen LogP contribution in [0.15, 0.2) is 54.7 Å². The van der Waals surface area contributed by atoms with E-state index in [9.17, 15) is 9.59 Å². The van der Waals surface area contributed by atoms with Crippen LogP contribution in [0.25, 0.3) is 10.9 Å². The molecule has 2 aromatic carbocycles. The average molecular weight is 367 g/mol. The van der Waals surface area contributed by atoms with Crippen molar-refractivity contribution in [2.45, 2.75) is 18.6 Å².